The molecule has 1 aromatic rings. The van der Waals surface area contributed by atoms with Crippen LogP contribution in [0.5, 0.6) is 0 Å². The molecule has 1 N–H and O–H groups in total. The zero-order chi connectivity index (χ0) is 15.9. The zero-order valence-electron chi connectivity index (χ0n) is 13.4. The average Bonchev–Trinajstić information content (AvgIpc) is 2.50. The van der Waals surface area contributed by atoms with Gasteiger partial charge in [0, 0.05) is 6.54 Å². The van der Waals surface area contributed by atoms with Crippen molar-refractivity contribution in [2.24, 2.45) is 0 Å². The lowest BCUT2D eigenvalue weighted by molar-refractivity contribution is 0.260. The fourth-order valence-corrected chi connectivity index (χ4v) is 7.20. The van der Waals surface area contributed by atoms with Crippen molar-refractivity contribution in [3.63, 3.8) is 0 Å². The largest absolute Gasteiger partial charge is 0.396 e. The Morgan fingerprint density at radius 3 is 2.00 bits per heavy atom. The van der Waals surface area contributed by atoms with E-state index in [0.717, 1.165) is 18.1 Å². The highest BCUT2D eigenvalue weighted by Crippen LogP contribution is 2.32. The molecule has 0 heterocycles. The van der Waals surface area contributed by atoms with Crippen LogP contribution in [-0.2, 0) is 14.4 Å². The van der Waals surface area contributed by atoms with Gasteiger partial charge in [0.2, 0.25) is 10.0 Å². The van der Waals surface area contributed by atoms with Crippen molar-refractivity contribution in [1.29, 1.82) is 0 Å². The summed E-state index contributed by atoms with van der Waals surface area (Å²) >= 11 is 0. The predicted octanol–water partition coefficient (Wildman–Crippen LogP) is 3.65. The predicted molar refractivity (Wildman–Crippen MR) is 90.1 cm³/mol. The van der Waals surface area contributed by atoms with Crippen LogP contribution >= 0.6 is 0 Å². The fraction of sp³-hybridized carbons (Fsp3) is 0.600. The van der Waals surface area contributed by atoms with Gasteiger partial charge in [0.05, 0.1) is 0 Å². The number of nitrogens with one attached hydrogen (secondary N) is 1. The fourth-order valence-electron chi connectivity index (χ4n) is 2.42. The molecule has 0 fully saturated rings. The first-order valence-corrected chi connectivity index (χ1v) is 11.7. The van der Waals surface area contributed by atoms with E-state index in [9.17, 15) is 8.42 Å². The van der Waals surface area contributed by atoms with E-state index in [1.807, 2.05) is 30.3 Å². The molecule has 0 aliphatic heterocycles. The van der Waals surface area contributed by atoms with Gasteiger partial charge in [-0.1, -0.05) is 58.0 Å². The first kappa shape index (κ1) is 18.4. The van der Waals surface area contributed by atoms with Gasteiger partial charge in [-0.15, -0.1) is 0 Å². The Bertz CT molecular complexity index is 507. The molecule has 21 heavy (non-hydrogen) atoms. The van der Waals surface area contributed by atoms with Gasteiger partial charge in [0.25, 0.3) is 0 Å². The molecule has 0 aliphatic rings. The van der Waals surface area contributed by atoms with E-state index >= 15 is 0 Å². The molecule has 1 unspecified atom stereocenters. The molecule has 0 saturated carbocycles. The third-order valence-electron chi connectivity index (χ3n) is 3.99. The standard InChI is InChI=1S/C15H27NO3SSi/c1-5-16-20(17,18)15(14-12-10-9-11-13-14)19-21(6-2,7-3)8-4/h9-13,15-16H,5-8H2,1-4H3. The normalized spacial score (nSPS) is 14.1. The van der Waals surface area contributed by atoms with Crippen molar-refractivity contribution < 1.29 is 12.8 Å². The lowest BCUT2D eigenvalue weighted by atomic mass is 10.2. The first-order chi connectivity index (χ1) is 9.94. The van der Waals surface area contributed by atoms with Crippen molar-refractivity contribution in [1.82, 2.24) is 4.72 Å². The molecular weight excluding hydrogens is 302 g/mol. The minimum absolute atomic E-state index is 0.369. The molecule has 0 amide bonds. The molecule has 0 radical (unpaired) electrons. The van der Waals surface area contributed by atoms with Crippen LogP contribution in [0.3, 0.4) is 0 Å². The maximum Gasteiger partial charge on any atom is 0.242 e. The van der Waals surface area contributed by atoms with E-state index < -0.39 is 23.8 Å². The highest BCUT2D eigenvalue weighted by molar-refractivity contribution is 7.89. The number of benzene rings is 1. The SMILES string of the molecule is CCNS(=O)(=O)C(O[Si](CC)(CC)CC)c1ccccc1. The maximum atomic E-state index is 12.5. The van der Waals surface area contributed by atoms with Crippen LogP contribution in [0.2, 0.25) is 18.1 Å². The Morgan fingerprint density at radius 1 is 1.05 bits per heavy atom. The van der Waals surface area contributed by atoms with E-state index in [1.54, 1.807) is 6.92 Å². The molecule has 1 atom stereocenters. The van der Waals surface area contributed by atoms with Crippen molar-refractivity contribution in [2.75, 3.05) is 6.54 Å². The summed E-state index contributed by atoms with van der Waals surface area (Å²) in [4.78, 5) is 0. The van der Waals surface area contributed by atoms with Crippen molar-refractivity contribution in [3.8, 4) is 0 Å². The molecular formula is C15H27NO3SSi. The van der Waals surface area contributed by atoms with E-state index in [4.69, 9.17) is 4.43 Å². The summed E-state index contributed by atoms with van der Waals surface area (Å²) in [5, 5.41) is 0. The second-order valence-electron chi connectivity index (χ2n) is 5.15. The summed E-state index contributed by atoms with van der Waals surface area (Å²) in [7, 11) is -5.55. The number of hydrogen-bond acceptors (Lipinski definition) is 3. The first-order valence-electron chi connectivity index (χ1n) is 7.65. The summed E-state index contributed by atoms with van der Waals surface area (Å²) in [6, 6.07) is 12.0. The van der Waals surface area contributed by atoms with E-state index in [2.05, 4.69) is 25.5 Å². The minimum atomic E-state index is -3.53. The second kappa shape index (κ2) is 8.08. The van der Waals surface area contributed by atoms with Crippen molar-refractivity contribution in [2.45, 2.75) is 51.3 Å². The molecule has 0 aromatic heterocycles. The number of sulfonamides is 1. The summed E-state index contributed by atoms with van der Waals surface area (Å²) in [5.41, 5.74) is -0.212. The Labute approximate surface area is 130 Å². The summed E-state index contributed by atoms with van der Waals surface area (Å²) in [5.74, 6) is 0. The maximum absolute atomic E-state index is 12.5. The van der Waals surface area contributed by atoms with Gasteiger partial charge in [-0.2, -0.15) is 0 Å². The van der Waals surface area contributed by atoms with Gasteiger partial charge < -0.3 is 4.43 Å². The van der Waals surface area contributed by atoms with Crippen LogP contribution in [0.25, 0.3) is 0 Å². The molecule has 6 heteroatoms. The third-order valence-corrected chi connectivity index (χ3v) is 10.4. The van der Waals surface area contributed by atoms with Crippen LogP contribution < -0.4 is 4.72 Å². The average molecular weight is 330 g/mol. The lowest BCUT2D eigenvalue weighted by Crippen LogP contribution is -2.42. The van der Waals surface area contributed by atoms with Crippen LogP contribution in [0.1, 0.15) is 38.7 Å². The van der Waals surface area contributed by atoms with Gasteiger partial charge in [-0.25, -0.2) is 13.1 Å². The molecule has 1 aromatic carbocycles. The van der Waals surface area contributed by atoms with Crippen LogP contribution in [0, 0.1) is 0 Å². The van der Waals surface area contributed by atoms with Crippen molar-refractivity contribution >= 4 is 18.3 Å². The minimum Gasteiger partial charge on any atom is -0.396 e. The Morgan fingerprint density at radius 2 is 1.57 bits per heavy atom. The molecule has 0 aliphatic carbocycles. The van der Waals surface area contributed by atoms with Crippen LogP contribution in [0.15, 0.2) is 30.3 Å². The molecule has 0 saturated heterocycles. The molecule has 4 nitrogen and oxygen atoms in total. The van der Waals surface area contributed by atoms with Crippen molar-refractivity contribution in [3.05, 3.63) is 35.9 Å². The second-order valence-corrected chi connectivity index (χ2v) is 11.7. The zero-order valence-corrected chi connectivity index (χ0v) is 15.2. The molecule has 1 rings (SSSR count). The van der Waals surface area contributed by atoms with Crippen LogP contribution in [-0.4, -0.2) is 23.3 Å². The highest BCUT2D eigenvalue weighted by atomic mass is 32.2. The summed E-state index contributed by atoms with van der Waals surface area (Å²) in [6.07, 6.45) is 0. The summed E-state index contributed by atoms with van der Waals surface area (Å²) in [6.45, 7) is 8.45. The smallest absolute Gasteiger partial charge is 0.242 e. The van der Waals surface area contributed by atoms with E-state index in [0.29, 0.717) is 12.1 Å². The van der Waals surface area contributed by atoms with Gasteiger partial charge in [-0.05, 0) is 23.7 Å². The number of rotatable bonds is 9. The molecule has 0 bridgehead atoms. The monoisotopic (exact) mass is 329 g/mol. The molecule has 120 valence electrons. The Balaban J connectivity index is 3.21. The van der Waals surface area contributed by atoms with Gasteiger partial charge >= 0.3 is 0 Å². The number of hydrogen-bond donors (Lipinski definition) is 1. The highest BCUT2D eigenvalue weighted by Gasteiger charge is 2.38. The quantitative estimate of drug-likeness (QED) is 0.704. The Hall–Kier alpha value is -0.693. The van der Waals surface area contributed by atoms with E-state index in [1.165, 1.54) is 0 Å². The lowest BCUT2D eigenvalue weighted by Gasteiger charge is -2.33. The van der Waals surface area contributed by atoms with E-state index in [-0.39, 0.29) is 0 Å². The Kier molecular flexibility index (Phi) is 7.06. The topological polar surface area (TPSA) is 55.4 Å². The van der Waals surface area contributed by atoms with Crippen LogP contribution in [0.4, 0.5) is 0 Å². The third kappa shape index (κ3) is 4.64. The molecule has 0 spiro atoms. The van der Waals surface area contributed by atoms with Gasteiger partial charge in [0.15, 0.2) is 13.8 Å². The summed E-state index contributed by atoms with van der Waals surface area (Å²) < 4.78 is 33.9. The van der Waals surface area contributed by atoms with Gasteiger partial charge in [-0.3, -0.25) is 0 Å². The van der Waals surface area contributed by atoms with Gasteiger partial charge in [0.1, 0.15) is 0 Å².